The number of benzene rings is 2. The Morgan fingerprint density at radius 3 is 2.66 bits per heavy atom. The molecule has 38 heavy (non-hydrogen) atoms. The van der Waals surface area contributed by atoms with Crippen molar-refractivity contribution < 1.29 is 17.9 Å². The van der Waals surface area contributed by atoms with E-state index in [9.17, 15) is 8.78 Å². The third-order valence-corrected chi connectivity index (χ3v) is 6.92. The molecule has 1 aliphatic heterocycles. The number of alkyl halides is 2. The summed E-state index contributed by atoms with van der Waals surface area (Å²) >= 11 is 0. The molecule has 0 spiro atoms. The summed E-state index contributed by atoms with van der Waals surface area (Å²) in [7, 11) is 1.64. The summed E-state index contributed by atoms with van der Waals surface area (Å²) in [5.41, 5.74) is 5.69. The first kappa shape index (κ1) is 24.0. The molecule has 1 aliphatic carbocycles. The highest BCUT2D eigenvalue weighted by Crippen LogP contribution is 2.36. The second kappa shape index (κ2) is 9.85. The molecule has 1 N–H and O–H groups in total. The summed E-state index contributed by atoms with van der Waals surface area (Å²) < 4.78 is 38.3. The van der Waals surface area contributed by atoms with Crippen LogP contribution in [-0.2, 0) is 13.0 Å². The lowest BCUT2D eigenvalue weighted by molar-refractivity contribution is -0.0221. The molecule has 0 unspecified atom stereocenters. The maximum Gasteiger partial charge on any atom is 0.316 e. The lowest BCUT2D eigenvalue weighted by Gasteiger charge is -2.32. The van der Waals surface area contributed by atoms with E-state index in [-0.39, 0.29) is 25.9 Å². The predicted molar refractivity (Wildman–Crippen MR) is 139 cm³/mol. The molecule has 0 saturated carbocycles. The normalized spacial score (nSPS) is 16.2. The maximum absolute atomic E-state index is 13.6. The van der Waals surface area contributed by atoms with E-state index in [4.69, 9.17) is 14.1 Å². The van der Waals surface area contributed by atoms with Crippen molar-refractivity contribution in [2.24, 2.45) is 0 Å². The van der Waals surface area contributed by atoms with Gasteiger partial charge in [0.25, 0.3) is 5.92 Å². The highest BCUT2D eigenvalue weighted by Gasteiger charge is 2.34. The topological polar surface area (TPSA) is 89.2 Å². The molecule has 0 amide bonds. The van der Waals surface area contributed by atoms with E-state index >= 15 is 0 Å². The Bertz CT molecular complexity index is 1470. The summed E-state index contributed by atoms with van der Waals surface area (Å²) in [6.45, 7) is 1.06. The van der Waals surface area contributed by atoms with Gasteiger partial charge in [-0.2, -0.15) is 0 Å². The smallest absolute Gasteiger partial charge is 0.316 e. The third kappa shape index (κ3) is 4.93. The highest BCUT2D eigenvalue weighted by molar-refractivity contribution is 5.85. The molecule has 6 rings (SSSR count). The Hall–Kier alpha value is -4.34. The number of nitrogens with zero attached hydrogens (tertiary/aromatic N) is 5. The minimum absolute atomic E-state index is 0.172. The van der Waals surface area contributed by atoms with Crippen LogP contribution in [0.15, 0.2) is 65.4 Å². The number of anilines is 2. The van der Waals surface area contributed by atoms with Gasteiger partial charge < -0.3 is 19.4 Å². The molecule has 10 heteroatoms. The molecule has 2 aromatic carbocycles. The summed E-state index contributed by atoms with van der Waals surface area (Å²) in [6.07, 6.45) is 5.89. The molecular formula is C28H26F2N6O2. The largest absolute Gasteiger partial charge is 0.497 e. The fourth-order valence-electron chi connectivity index (χ4n) is 4.74. The van der Waals surface area contributed by atoms with Crippen LogP contribution in [0.3, 0.4) is 0 Å². The fourth-order valence-corrected chi connectivity index (χ4v) is 4.74. The van der Waals surface area contributed by atoms with E-state index < -0.39 is 5.92 Å². The van der Waals surface area contributed by atoms with Crippen LogP contribution in [0.25, 0.3) is 17.0 Å². The van der Waals surface area contributed by atoms with Crippen LogP contribution in [-0.4, -0.2) is 46.3 Å². The first-order valence-electron chi connectivity index (χ1n) is 12.5. The quantitative estimate of drug-likeness (QED) is 0.351. The second-order valence-electron chi connectivity index (χ2n) is 9.41. The number of aromatic nitrogens is 4. The Morgan fingerprint density at radius 2 is 1.87 bits per heavy atom. The van der Waals surface area contributed by atoms with Gasteiger partial charge in [0.05, 0.1) is 25.2 Å². The van der Waals surface area contributed by atoms with E-state index in [0.29, 0.717) is 30.0 Å². The first-order chi connectivity index (χ1) is 18.5. The van der Waals surface area contributed by atoms with Crippen LogP contribution in [0.4, 0.5) is 20.6 Å². The number of hydrogen-bond donors (Lipinski definition) is 1. The van der Waals surface area contributed by atoms with Crippen LogP contribution in [0.5, 0.6) is 5.75 Å². The zero-order valence-electron chi connectivity index (χ0n) is 20.8. The summed E-state index contributed by atoms with van der Waals surface area (Å²) in [6, 6.07) is 14.1. The maximum atomic E-state index is 13.6. The monoisotopic (exact) mass is 516 g/mol. The average molecular weight is 517 g/mol. The lowest BCUT2D eigenvalue weighted by Crippen LogP contribution is -2.39. The summed E-state index contributed by atoms with van der Waals surface area (Å²) in [4.78, 5) is 11.0. The molecule has 0 radical (unpaired) electrons. The van der Waals surface area contributed by atoms with Crippen molar-refractivity contribution in [3.05, 3.63) is 83.3 Å². The molecule has 194 valence electrons. The molecule has 4 aromatic rings. The Kier molecular flexibility index (Phi) is 6.22. The van der Waals surface area contributed by atoms with E-state index in [0.717, 1.165) is 40.0 Å². The second-order valence-corrected chi connectivity index (χ2v) is 9.41. The molecule has 2 aromatic heterocycles. The van der Waals surface area contributed by atoms with Gasteiger partial charge in [-0.25, -0.2) is 13.8 Å². The SMILES string of the molecule is COc1ccc(CNc2nnc(-c3ccc4c(c3)C(c3cncc(N5CCC(F)(F)CC5)n3)=CC4)o2)cc1. The Morgan fingerprint density at radius 1 is 1.05 bits per heavy atom. The van der Waals surface area contributed by atoms with Crippen molar-refractivity contribution >= 4 is 17.4 Å². The van der Waals surface area contributed by atoms with E-state index in [1.54, 1.807) is 19.5 Å². The molecule has 0 bridgehead atoms. The Balaban J connectivity index is 1.18. The van der Waals surface area contributed by atoms with Gasteiger partial charge in [0.15, 0.2) is 0 Å². The minimum atomic E-state index is -2.61. The summed E-state index contributed by atoms with van der Waals surface area (Å²) in [5.74, 6) is -0.781. The Labute approximate surface area is 218 Å². The van der Waals surface area contributed by atoms with Crippen LogP contribution in [0.1, 0.15) is 35.2 Å². The van der Waals surface area contributed by atoms with Crippen molar-refractivity contribution in [1.82, 2.24) is 20.2 Å². The van der Waals surface area contributed by atoms with Crippen LogP contribution < -0.4 is 15.0 Å². The molecule has 0 atom stereocenters. The molecular weight excluding hydrogens is 490 g/mol. The number of hydrogen-bond acceptors (Lipinski definition) is 8. The zero-order valence-corrected chi connectivity index (χ0v) is 20.8. The number of allylic oxidation sites excluding steroid dienone is 1. The number of ether oxygens (including phenoxy) is 1. The van der Waals surface area contributed by atoms with Crippen LogP contribution >= 0.6 is 0 Å². The van der Waals surface area contributed by atoms with Gasteiger partial charge in [-0.15, -0.1) is 5.10 Å². The average Bonchev–Trinajstić information content (AvgIpc) is 3.59. The van der Waals surface area contributed by atoms with E-state index in [2.05, 4.69) is 26.6 Å². The number of piperidine rings is 1. The van der Waals surface area contributed by atoms with Gasteiger partial charge in [0.2, 0.25) is 5.89 Å². The number of rotatable bonds is 7. The number of nitrogens with one attached hydrogen (secondary N) is 1. The molecule has 1 saturated heterocycles. The highest BCUT2D eigenvalue weighted by atomic mass is 19.3. The molecule has 8 nitrogen and oxygen atoms in total. The van der Waals surface area contributed by atoms with Crippen molar-refractivity contribution in [2.75, 3.05) is 30.4 Å². The van der Waals surface area contributed by atoms with Gasteiger partial charge in [0, 0.05) is 43.6 Å². The van der Waals surface area contributed by atoms with Gasteiger partial charge >= 0.3 is 6.01 Å². The van der Waals surface area contributed by atoms with Gasteiger partial charge in [-0.05, 0) is 47.4 Å². The van der Waals surface area contributed by atoms with Gasteiger partial charge in [0.1, 0.15) is 11.6 Å². The summed E-state index contributed by atoms with van der Waals surface area (Å²) in [5, 5.41) is 11.5. The lowest BCUT2D eigenvalue weighted by atomic mass is 10.0. The molecule has 1 fully saturated rings. The molecule has 3 heterocycles. The van der Waals surface area contributed by atoms with Gasteiger partial charge in [-0.3, -0.25) is 4.98 Å². The van der Waals surface area contributed by atoms with Gasteiger partial charge in [-0.1, -0.05) is 29.4 Å². The van der Waals surface area contributed by atoms with Crippen molar-refractivity contribution in [1.29, 1.82) is 0 Å². The fraction of sp³-hybridized carbons (Fsp3) is 0.286. The first-order valence-corrected chi connectivity index (χ1v) is 12.5. The number of halogens is 2. The van der Waals surface area contributed by atoms with Crippen LogP contribution in [0, 0.1) is 0 Å². The number of methoxy groups -OCH3 is 1. The number of fused-ring (bicyclic) bond motifs is 1. The van der Waals surface area contributed by atoms with Crippen molar-refractivity contribution in [3.8, 4) is 17.2 Å². The third-order valence-electron chi connectivity index (χ3n) is 6.92. The van der Waals surface area contributed by atoms with Crippen molar-refractivity contribution in [2.45, 2.75) is 31.7 Å². The molecule has 2 aliphatic rings. The predicted octanol–water partition coefficient (Wildman–Crippen LogP) is 5.37. The van der Waals surface area contributed by atoms with E-state index in [1.807, 2.05) is 47.4 Å². The zero-order chi connectivity index (χ0) is 26.1. The standard InChI is InChI=1S/C28H26F2N6O2/c1-37-21-7-2-18(3-8-21)15-32-27-35-34-26(38-27)20-5-4-19-6-9-22(23(19)14-20)24-16-31-17-25(33-24)36-12-10-28(29,30)11-13-36/h2-5,7-9,14,16-17H,6,10-13,15H2,1H3,(H,32,35). The van der Waals surface area contributed by atoms with Crippen molar-refractivity contribution in [3.63, 3.8) is 0 Å². The van der Waals surface area contributed by atoms with E-state index in [1.165, 1.54) is 0 Å². The minimum Gasteiger partial charge on any atom is -0.497 e. The van der Waals surface area contributed by atoms with Crippen LogP contribution in [0.2, 0.25) is 0 Å².